The summed E-state index contributed by atoms with van der Waals surface area (Å²) in [6, 6.07) is 0.686. The van der Waals surface area contributed by atoms with Gasteiger partial charge in [0.25, 0.3) is 0 Å². The lowest BCUT2D eigenvalue weighted by Crippen LogP contribution is -2.50. The molecule has 2 aliphatic carbocycles. The molecule has 2 fully saturated rings. The first-order chi connectivity index (χ1) is 21.4. The van der Waals surface area contributed by atoms with E-state index in [1.165, 1.54) is 0 Å². The quantitative estimate of drug-likeness (QED) is 0.205. The summed E-state index contributed by atoms with van der Waals surface area (Å²) in [5, 5.41) is 12.9. The van der Waals surface area contributed by atoms with Gasteiger partial charge in [0.05, 0.1) is 10.6 Å². The van der Waals surface area contributed by atoms with Gasteiger partial charge in [-0.05, 0) is 111 Å². The highest BCUT2D eigenvalue weighted by molar-refractivity contribution is 7.15. The third-order valence-corrected chi connectivity index (χ3v) is 9.79. The van der Waals surface area contributed by atoms with Gasteiger partial charge in [0.2, 0.25) is 5.91 Å². The molecule has 0 aromatic carbocycles. The highest BCUT2D eigenvalue weighted by atomic mass is 32.1. The van der Waals surface area contributed by atoms with E-state index in [1.807, 2.05) is 34.6 Å². The van der Waals surface area contributed by atoms with Crippen LogP contribution >= 0.6 is 11.3 Å². The van der Waals surface area contributed by atoms with Crippen LogP contribution in [0.2, 0.25) is 0 Å². The highest BCUT2D eigenvalue weighted by Gasteiger charge is 2.39. The number of carboxylic acid groups (broad SMARTS) is 1. The van der Waals surface area contributed by atoms with E-state index in [2.05, 4.69) is 24.1 Å². The number of rotatable bonds is 9. The molecule has 0 spiro atoms. The van der Waals surface area contributed by atoms with Gasteiger partial charge < -0.3 is 24.8 Å². The van der Waals surface area contributed by atoms with Crippen LogP contribution in [0.1, 0.15) is 135 Å². The molecule has 2 aliphatic rings. The van der Waals surface area contributed by atoms with Crippen LogP contribution in [0.4, 0.5) is 10.5 Å². The first-order valence-corrected chi connectivity index (χ1v) is 17.6. The second kappa shape index (κ2) is 15.7. The number of nitrogens with zero attached hydrogens (tertiary/aromatic N) is 1. The zero-order valence-corrected chi connectivity index (χ0v) is 30.0. The molecule has 1 heterocycles. The van der Waals surface area contributed by atoms with Gasteiger partial charge in [-0.2, -0.15) is 0 Å². The van der Waals surface area contributed by atoms with Crippen molar-refractivity contribution >= 4 is 41.0 Å². The smallest absolute Gasteiger partial charge is 0.408 e. The molecule has 2 N–H and O–H groups in total. The zero-order chi connectivity index (χ0) is 34.4. The predicted molar refractivity (Wildman–Crippen MR) is 181 cm³/mol. The molecule has 256 valence electrons. The molecule has 10 heteroatoms. The lowest BCUT2D eigenvalue weighted by atomic mass is 9.81. The molecular formula is C36H54N2O7S. The number of carbonyl (C=O) groups is 4. The Kier molecular flexibility index (Phi) is 12.8. The summed E-state index contributed by atoms with van der Waals surface area (Å²) >= 11 is 1.11. The van der Waals surface area contributed by atoms with E-state index in [9.17, 15) is 24.3 Å². The fourth-order valence-corrected chi connectivity index (χ4v) is 6.83. The second-order valence-electron chi connectivity index (χ2n) is 15.2. The Bertz CT molecular complexity index is 1300. The van der Waals surface area contributed by atoms with E-state index in [4.69, 9.17) is 9.47 Å². The Morgan fingerprint density at radius 3 is 2.15 bits per heavy atom. The topological polar surface area (TPSA) is 122 Å². The lowest BCUT2D eigenvalue weighted by molar-refractivity contribution is -0.154. The molecule has 2 unspecified atom stereocenters. The molecule has 9 nitrogen and oxygen atoms in total. The van der Waals surface area contributed by atoms with E-state index in [1.54, 1.807) is 31.7 Å². The van der Waals surface area contributed by atoms with Gasteiger partial charge in [-0.25, -0.2) is 14.4 Å². The molecule has 0 saturated heterocycles. The van der Waals surface area contributed by atoms with Crippen LogP contribution in [0.25, 0.3) is 0 Å². The van der Waals surface area contributed by atoms with Crippen molar-refractivity contribution in [1.82, 2.24) is 5.32 Å². The number of amides is 2. The predicted octanol–water partition coefficient (Wildman–Crippen LogP) is 7.80. The standard InChI is InChI=1S/C36H54N2O7S/c1-10-23(3)29(37-34(43)45-36(7,8)9)33(42)44-26-17-15-25(16-18-26)38(31(39)24-13-11-22(2)12-14-24)28-21-27(19-20-35(4,5)6)46-30(28)32(40)41/h21-26,29H,10-18H2,1-9H3,(H,37,43)(H,40,41). The molecule has 1 aromatic rings. The van der Waals surface area contributed by atoms with Crippen molar-refractivity contribution in [3.8, 4) is 11.8 Å². The number of alkyl carbamates (subject to hydrolysis) is 1. The number of thiophene rings is 1. The number of anilines is 1. The molecule has 0 bridgehead atoms. The third-order valence-electron chi connectivity index (χ3n) is 8.76. The van der Waals surface area contributed by atoms with Crippen molar-refractivity contribution < 1.29 is 33.8 Å². The summed E-state index contributed by atoms with van der Waals surface area (Å²) < 4.78 is 11.3. The number of ether oxygens (including phenoxy) is 2. The number of aromatic carboxylic acids is 1. The lowest BCUT2D eigenvalue weighted by Gasteiger charge is -2.39. The summed E-state index contributed by atoms with van der Waals surface area (Å²) in [5.74, 6) is 4.97. The molecule has 1 aromatic heterocycles. The Morgan fingerprint density at radius 2 is 1.63 bits per heavy atom. The summed E-state index contributed by atoms with van der Waals surface area (Å²) in [6.07, 6.45) is 5.28. The number of carbonyl (C=O) groups excluding carboxylic acids is 3. The van der Waals surface area contributed by atoms with Crippen LogP contribution in [0, 0.1) is 35.0 Å². The van der Waals surface area contributed by atoms with Crippen molar-refractivity contribution in [3.05, 3.63) is 15.8 Å². The normalized spacial score (nSPS) is 23.2. The fourth-order valence-electron chi connectivity index (χ4n) is 5.99. The zero-order valence-electron chi connectivity index (χ0n) is 29.2. The molecule has 2 saturated carbocycles. The maximum absolute atomic E-state index is 14.2. The maximum atomic E-state index is 14.2. The van der Waals surface area contributed by atoms with Gasteiger partial charge in [-0.1, -0.05) is 39.0 Å². The molecule has 0 radical (unpaired) electrons. The van der Waals surface area contributed by atoms with Crippen molar-refractivity contribution in [3.63, 3.8) is 0 Å². The molecule has 46 heavy (non-hydrogen) atoms. The van der Waals surface area contributed by atoms with E-state index in [-0.39, 0.29) is 40.2 Å². The average molecular weight is 659 g/mol. The fraction of sp³-hybridized carbons (Fsp3) is 0.722. The van der Waals surface area contributed by atoms with Gasteiger partial charge in [-0.15, -0.1) is 11.3 Å². The van der Waals surface area contributed by atoms with Crippen molar-refractivity contribution in [2.45, 2.75) is 144 Å². The highest BCUT2D eigenvalue weighted by Crippen LogP contribution is 2.39. The van der Waals surface area contributed by atoms with Crippen LogP contribution in [-0.2, 0) is 19.1 Å². The second-order valence-corrected chi connectivity index (χ2v) is 16.2. The van der Waals surface area contributed by atoms with Crippen LogP contribution in [0.3, 0.4) is 0 Å². The Labute approximate surface area is 279 Å². The van der Waals surface area contributed by atoms with Gasteiger partial charge in [0.1, 0.15) is 22.6 Å². The molecular weight excluding hydrogens is 604 g/mol. The molecule has 2 amide bonds. The minimum absolute atomic E-state index is 0.0265. The van der Waals surface area contributed by atoms with Crippen LogP contribution in [0.15, 0.2) is 6.07 Å². The Morgan fingerprint density at radius 1 is 1.02 bits per heavy atom. The first kappa shape index (κ1) is 37.4. The molecule has 3 rings (SSSR count). The van der Waals surface area contributed by atoms with E-state index in [0.29, 0.717) is 48.6 Å². The van der Waals surface area contributed by atoms with Gasteiger partial charge in [0.15, 0.2) is 0 Å². The van der Waals surface area contributed by atoms with Crippen molar-refractivity contribution in [1.29, 1.82) is 0 Å². The maximum Gasteiger partial charge on any atom is 0.408 e. The van der Waals surface area contributed by atoms with Gasteiger partial charge >= 0.3 is 18.0 Å². The SMILES string of the molecule is CCC(C)C(NC(=O)OC(C)(C)C)C(=O)OC1CCC(N(C(=O)C2CCC(C)CC2)c2cc(C#CC(C)(C)C)sc2C(=O)O)CC1. The van der Waals surface area contributed by atoms with Crippen molar-refractivity contribution in [2.75, 3.05) is 4.90 Å². The molecule has 0 aliphatic heterocycles. The van der Waals surface area contributed by atoms with Gasteiger partial charge in [-0.3, -0.25) is 4.79 Å². The Hall–Kier alpha value is -3.06. The monoisotopic (exact) mass is 658 g/mol. The van der Waals surface area contributed by atoms with Gasteiger partial charge in [0, 0.05) is 17.4 Å². The summed E-state index contributed by atoms with van der Waals surface area (Å²) in [4.78, 5) is 55.0. The number of nitrogens with one attached hydrogen (secondary N) is 1. The number of hydrogen-bond donors (Lipinski definition) is 2. The summed E-state index contributed by atoms with van der Waals surface area (Å²) in [6.45, 7) is 17.3. The minimum atomic E-state index is -1.07. The third kappa shape index (κ3) is 10.8. The number of carboxylic acids is 1. The first-order valence-electron chi connectivity index (χ1n) is 16.8. The van der Waals surface area contributed by atoms with Crippen molar-refractivity contribution in [2.24, 2.45) is 23.2 Å². The van der Waals surface area contributed by atoms with E-state index in [0.717, 1.165) is 37.0 Å². The summed E-state index contributed by atoms with van der Waals surface area (Å²) in [5.41, 5.74) is -0.541. The molecule has 2 atom stereocenters. The number of esters is 1. The van der Waals surface area contributed by atoms with Crippen LogP contribution < -0.4 is 10.2 Å². The summed E-state index contributed by atoms with van der Waals surface area (Å²) in [7, 11) is 0. The van der Waals surface area contributed by atoms with Crippen LogP contribution in [-0.4, -0.2) is 52.8 Å². The van der Waals surface area contributed by atoms with E-state index >= 15 is 0 Å². The largest absolute Gasteiger partial charge is 0.477 e. The number of hydrogen-bond acceptors (Lipinski definition) is 7. The Balaban J connectivity index is 1.82. The van der Waals surface area contributed by atoms with E-state index < -0.39 is 29.7 Å². The minimum Gasteiger partial charge on any atom is -0.477 e. The average Bonchev–Trinajstić information content (AvgIpc) is 3.38. The van der Waals surface area contributed by atoms with Crippen LogP contribution in [0.5, 0.6) is 0 Å².